The molecule has 0 aromatic carbocycles. The molecule has 1 saturated heterocycles. The Kier molecular flexibility index (Phi) is 8.82. The van der Waals surface area contributed by atoms with E-state index in [-0.39, 0.29) is 0 Å². The molecule has 1 aliphatic heterocycles. The van der Waals surface area contributed by atoms with Crippen molar-refractivity contribution < 1.29 is 0 Å². The highest BCUT2D eigenvalue weighted by Crippen LogP contribution is 2.29. The first kappa shape index (κ1) is 15.1. The first-order valence-electron chi connectivity index (χ1n) is 6.48. The highest BCUT2D eigenvalue weighted by atomic mass is 15.1. The fraction of sp³-hybridized carbons (Fsp3) is 0.643. The Labute approximate surface area is 101 Å². The minimum atomic E-state index is 0.610. The lowest BCUT2D eigenvalue weighted by molar-refractivity contribution is 0.317. The molecular formula is C14H26N2. The summed E-state index contributed by atoms with van der Waals surface area (Å²) < 4.78 is 0. The van der Waals surface area contributed by atoms with Gasteiger partial charge in [0.15, 0.2) is 0 Å². The van der Waals surface area contributed by atoms with Crippen LogP contribution in [-0.2, 0) is 0 Å². The maximum absolute atomic E-state index is 4.14. The maximum atomic E-state index is 4.14. The second kappa shape index (κ2) is 9.34. The lowest BCUT2D eigenvalue weighted by Gasteiger charge is -2.18. The van der Waals surface area contributed by atoms with Gasteiger partial charge in [0.05, 0.1) is 0 Å². The van der Waals surface area contributed by atoms with Crippen molar-refractivity contribution in [1.29, 1.82) is 0 Å². The van der Waals surface area contributed by atoms with Gasteiger partial charge < -0.3 is 0 Å². The van der Waals surface area contributed by atoms with Crippen molar-refractivity contribution in [2.45, 2.75) is 46.6 Å². The molecule has 0 aliphatic carbocycles. The Morgan fingerprint density at radius 3 is 2.38 bits per heavy atom. The lowest BCUT2D eigenvalue weighted by Crippen LogP contribution is -2.17. The lowest BCUT2D eigenvalue weighted by atomic mass is 10.1. The summed E-state index contributed by atoms with van der Waals surface area (Å²) in [5.74, 6) is 0. The van der Waals surface area contributed by atoms with Crippen molar-refractivity contribution in [1.82, 2.24) is 9.88 Å². The molecule has 0 bridgehead atoms. The van der Waals surface area contributed by atoms with Gasteiger partial charge in [-0.15, -0.1) is 0 Å². The highest BCUT2D eigenvalue weighted by molar-refractivity contribution is 5.14. The van der Waals surface area contributed by atoms with Crippen molar-refractivity contribution in [3.05, 3.63) is 30.1 Å². The fourth-order valence-corrected chi connectivity index (χ4v) is 1.90. The number of rotatable bonds is 1. The summed E-state index contributed by atoms with van der Waals surface area (Å²) in [5, 5.41) is 0. The van der Waals surface area contributed by atoms with E-state index in [9.17, 15) is 0 Å². The molecule has 16 heavy (non-hydrogen) atoms. The van der Waals surface area contributed by atoms with Gasteiger partial charge in [-0.2, -0.15) is 0 Å². The molecule has 1 fully saturated rings. The standard InChI is InChI=1S/C10H14N2.2C2H6/c1-12-7-3-5-10(12)9-4-2-6-11-8-9;2*1-2/h2,4,6,8,10H,3,5,7H2,1H3;2*1-2H3. The van der Waals surface area contributed by atoms with E-state index in [1.165, 1.54) is 24.9 Å². The third-order valence-corrected chi connectivity index (χ3v) is 2.59. The third-order valence-electron chi connectivity index (χ3n) is 2.59. The van der Waals surface area contributed by atoms with Gasteiger partial charge in [-0.25, -0.2) is 0 Å². The molecule has 1 atom stereocenters. The summed E-state index contributed by atoms with van der Waals surface area (Å²) in [5.41, 5.74) is 1.36. The van der Waals surface area contributed by atoms with Gasteiger partial charge in [0, 0.05) is 18.4 Å². The van der Waals surface area contributed by atoms with Gasteiger partial charge in [-0.05, 0) is 38.1 Å². The monoisotopic (exact) mass is 222 g/mol. The molecule has 2 heteroatoms. The SMILES string of the molecule is CC.CC.CN1CCCC1c1cccnc1. The van der Waals surface area contributed by atoms with Crippen LogP contribution in [0.15, 0.2) is 24.5 Å². The van der Waals surface area contributed by atoms with E-state index >= 15 is 0 Å². The van der Waals surface area contributed by atoms with Gasteiger partial charge in [-0.1, -0.05) is 33.8 Å². The Morgan fingerprint density at radius 1 is 1.25 bits per heavy atom. The van der Waals surface area contributed by atoms with E-state index in [0.29, 0.717) is 6.04 Å². The molecule has 1 aliphatic rings. The molecule has 0 N–H and O–H groups in total. The van der Waals surface area contributed by atoms with E-state index in [1.54, 1.807) is 0 Å². The van der Waals surface area contributed by atoms with Crippen molar-refractivity contribution in [3.8, 4) is 0 Å². The largest absolute Gasteiger partial charge is 0.299 e. The third kappa shape index (κ3) is 4.31. The zero-order valence-electron chi connectivity index (χ0n) is 11.4. The number of hydrogen-bond acceptors (Lipinski definition) is 2. The number of nitrogens with zero attached hydrogens (tertiary/aromatic N) is 2. The van der Waals surface area contributed by atoms with Gasteiger partial charge in [0.2, 0.25) is 0 Å². The molecule has 0 amide bonds. The van der Waals surface area contributed by atoms with Gasteiger partial charge in [-0.3, -0.25) is 9.88 Å². The summed E-state index contributed by atoms with van der Waals surface area (Å²) in [6, 6.07) is 4.79. The Bertz CT molecular complexity index is 246. The number of hydrogen-bond donors (Lipinski definition) is 0. The number of aromatic nitrogens is 1. The van der Waals surface area contributed by atoms with Crippen LogP contribution in [0.1, 0.15) is 52.1 Å². The van der Waals surface area contributed by atoms with Crippen LogP contribution < -0.4 is 0 Å². The van der Waals surface area contributed by atoms with Gasteiger partial charge in [0.25, 0.3) is 0 Å². The Hall–Kier alpha value is -0.890. The second-order valence-electron chi connectivity index (χ2n) is 3.42. The highest BCUT2D eigenvalue weighted by Gasteiger charge is 2.21. The van der Waals surface area contributed by atoms with Crippen LogP contribution in [0, 0.1) is 0 Å². The Morgan fingerprint density at radius 2 is 1.94 bits per heavy atom. The summed E-state index contributed by atoms with van der Waals surface area (Å²) >= 11 is 0. The topological polar surface area (TPSA) is 16.1 Å². The van der Waals surface area contributed by atoms with Crippen molar-refractivity contribution in [2.24, 2.45) is 0 Å². The number of likely N-dealkylation sites (tertiary alicyclic amines) is 1. The predicted molar refractivity (Wildman–Crippen MR) is 71.5 cm³/mol. The van der Waals surface area contributed by atoms with Crippen LogP contribution in [-0.4, -0.2) is 23.5 Å². The molecule has 1 unspecified atom stereocenters. The molecule has 2 nitrogen and oxygen atoms in total. The van der Waals surface area contributed by atoms with Gasteiger partial charge in [0.1, 0.15) is 0 Å². The summed E-state index contributed by atoms with van der Waals surface area (Å²) in [6.07, 6.45) is 6.41. The normalized spacial score (nSPS) is 19.2. The van der Waals surface area contributed by atoms with Crippen molar-refractivity contribution >= 4 is 0 Å². The Balaban J connectivity index is 0.000000509. The van der Waals surface area contributed by atoms with Crippen LogP contribution in [0.2, 0.25) is 0 Å². The molecule has 92 valence electrons. The molecule has 1 aromatic rings. The zero-order valence-corrected chi connectivity index (χ0v) is 11.4. The van der Waals surface area contributed by atoms with Gasteiger partial charge >= 0.3 is 0 Å². The van der Waals surface area contributed by atoms with E-state index in [0.717, 1.165) is 0 Å². The summed E-state index contributed by atoms with van der Waals surface area (Å²) in [7, 11) is 2.19. The molecule has 0 radical (unpaired) electrons. The first-order chi connectivity index (χ1) is 7.88. The quantitative estimate of drug-likeness (QED) is 0.716. The zero-order chi connectivity index (χ0) is 12.4. The minimum Gasteiger partial charge on any atom is -0.299 e. The average Bonchev–Trinajstić information content (AvgIpc) is 2.82. The molecule has 1 aromatic heterocycles. The van der Waals surface area contributed by atoms with Crippen LogP contribution >= 0.6 is 0 Å². The van der Waals surface area contributed by atoms with E-state index in [4.69, 9.17) is 0 Å². The fourth-order valence-electron chi connectivity index (χ4n) is 1.90. The van der Waals surface area contributed by atoms with Crippen LogP contribution in [0.3, 0.4) is 0 Å². The minimum absolute atomic E-state index is 0.610. The maximum Gasteiger partial charge on any atom is 0.0360 e. The second-order valence-corrected chi connectivity index (χ2v) is 3.42. The summed E-state index contributed by atoms with van der Waals surface area (Å²) in [6.45, 7) is 9.22. The van der Waals surface area contributed by atoms with Crippen molar-refractivity contribution in [2.75, 3.05) is 13.6 Å². The van der Waals surface area contributed by atoms with E-state index in [2.05, 4.69) is 23.0 Å². The molecular weight excluding hydrogens is 196 g/mol. The first-order valence-corrected chi connectivity index (χ1v) is 6.48. The van der Waals surface area contributed by atoms with Crippen LogP contribution in [0.4, 0.5) is 0 Å². The average molecular weight is 222 g/mol. The van der Waals surface area contributed by atoms with E-state index < -0.39 is 0 Å². The molecule has 2 heterocycles. The number of pyridine rings is 1. The predicted octanol–water partition coefficient (Wildman–Crippen LogP) is 3.90. The molecule has 0 spiro atoms. The summed E-state index contributed by atoms with van der Waals surface area (Å²) in [4.78, 5) is 6.54. The smallest absolute Gasteiger partial charge is 0.0360 e. The van der Waals surface area contributed by atoms with Crippen molar-refractivity contribution in [3.63, 3.8) is 0 Å². The van der Waals surface area contributed by atoms with E-state index in [1.807, 2.05) is 46.2 Å². The molecule has 0 saturated carbocycles. The molecule has 2 rings (SSSR count). The van der Waals surface area contributed by atoms with Crippen LogP contribution in [0.5, 0.6) is 0 Å². The van der Waals surface area contributed by atoms with Crippen LogP contribution in [0.25, 0.3) is 0 Å².